The zero-order valence-corrected chi connectivity index (χ0v) is 14.1. The quantitative estimate of drug-likeness (QED) is 0.749. The van der Waals surface area contributed by atoms with Crippen LogP contribution in [0.1, 0.15) is 12.8 Å². The van der Waals surface area contributed by atoms with E-state index in [9.17, 15) is 4.79 Å². The summed E-state index contributed by atoms with van der Waals surface area (Å²) in [6.45, 7) is 4.95. The van der Waals surface area contributed by atoms with Crippen molar-refractivity contribution in [3.05, 3.63) is 24.3 Å². The Bertz CT molecular complexity index is 462. The minimum atomic E-state index is -0.123. The molecule has 0 aromatic heterocycles. The van der Waals surface area contributed by atoms with Crippen molar-refractivity contribution in [2.75, 3.05) is 51.8 Å². The third-order valence-electron chi connectivity index (χ3n) is 3.88. The van der Waals surface area contributed by atoms with Gasteiger partial charge in [0.1, 0.15) is 5.75 Å². The molecule has 1 aromatic rings. The molecule has 6 heteroatoms. The van der Waals surface area contributed by atoms with E-state index in [4.69, 9.17) is 4.74 Å². The van der Waals surface area contributed by atoms with E-state index in [-0.39, 0.29) is 18.4 Å². The monoisotopic (exact) mass is 328 g/mol. The van der Waals surface area contributed by atoms with E-state index in [0.29, 0.717) is 6.42 Å². The molecule has 0 saturated carbocycles. The molecule has 0 atom stereocenters. The molecule has 5 nitrogen and oxygen atoms in total. The number of piperazine rings is 1. The van der Waals surface area contributed by atoms with Crippen LogP contribution >= 0.6 is 12.4 Å². The lowest BCUT2D eigenvalue weighted by Crippen LogP contribution is -2.46. The van der Waals surface area contributed by atoms with E-state index in [1.807, 2.05) is 18.2 Å². The van der Waals surface area contributed by atoms with Gasteiger partial charge in [-0.2, -0.15) is 0 Å². The van der Waals surface area contributed by atoms with Crippen molar-refractivity contribution in [3.8, 4) is 5.75 Å². The van der Waals surface area contributed by atoms with E-state index in [1.54, 1.807) is 7.11 Å². The highest BCUT2D eigenvalue weighted by molar-refractivity contribution is 5.85. The number of ether oxygens (including phenoxy) is 2. The molecule has 22 heavy (non-hydrogen) atoms. The highest BCUT2D eigenvalue weighted by Crippen LogP contribution is 2.28. The van der Waals surface area contributed by atoms with Crippen molar-refractivity contribution in [1.29, 1.82) is 0 Å². The number of para-hydroxylation sites is 2. The van der Waals surface area contributed by atoms with Crippen molar-refractivity contribution in [3.63, 3.8) is 0 Å². The molecule has 124 valence electrons. The fraction of sp³-hybridized carbons (Fsp3) is 0.562. The minimum Gasteiger partial charge on any atom is -0.495 e. The van der Waals surface area contributed by atoms with Crippen LogP contribution in [0.15, 0.2) is 24.3 Å². The number of carbonyl (C=O) groups is 1. The molecule has 0 aliphatic carbocycles. The summed E-state index contributed by atoms with van der Waals surface area (Å²) in [5.74, 6) is 0.805. The Hall–Kier alpha value is -1.46. The van der Waals surface area contributed by atoms with E-state index < -0.39 is 0 Å². The normalized spacial score (nSPS) is 15.1. The molecule has 0 N–H and O–H groups in total. The molecule has 1 aromatic carbocycles. The summed E-state index contributed by atoms with van der Waals surface area (Å²) >= 11 is 0. The minimum absolute atomic E-state index is 0. The largest absolute Gasteiger partial charge is 0.495 e. The Morgan fingerprint density at radius 2 is 1.82 bits per heavy atom. The molecule has 0 bridgehead atoms. The average molecular weight is 329 g/mol. The molecule has 0 radical (unpaired) electrons. The van der Waals surface area contributed by atoms with Gasteiger partial charge in [0, 0.05) is 32.6 Å². The second-order valence-electron chi connectivity index (χ2n) is 5.18. The Labute approximate surface area is 138 Å². The fourth-order valence-corrected chi connectivity index (χ4v) is 2.65. The summed E-state index contributed by atoms with van der Waals surface area (Å²) in [6.07, 6.45) is 1.37. The molecular formula is C16H25ClN2O3. The van der Waals surface area contributed by atoms with Gasteiger partial charge in [0.05, 0.1) is 19.9 Å². The molecule has 1 aliphatic rings. The van der Waals surface area contributed by atoms with Gasteiger partial charge in [0.2, 0.25) is 0 Å². The summed E-state index contributed by atoms with van der Waals surface area (Å²) in [5.41, 5.74) is 1.16. The van der Waals surface area contributed by atoms with E-state index in [0.717, 1.165) is 50.6 Å². The fourth-order valence-electron chi connectivity index (χ4n) is 2.65. The number of halogens is 1. The lowest BCUT2D eigenvalue weighted by atomic mass is 10.2. The maximum absolute atomic E-state index is 11.1. The second kappa shape index (κ2) is 9.54. The Balaban J connectivity index is 0.00000242. The van der Waals surface area contributed by atoms with Crippen molar-refractivity contribution in [2.45, 2.75) is 12.8 Å². The van der Waals surface area contributed by atoms with Crippen molar-refractivity contribution in [2.24, 2.45) is 0 Å². The van der Waals surface area contributed by atoms with Crippen LogP contribution in [0.5, 0.6) is 5.75 Å². The van der Waals surface area contributed by atoms with Gasteiger partial charge >= 0.3 is 5.97 Å². The number of carbonyl (C=O) groups excluding carboxylic acids is 1. The van der Waals surface area contributed by atoms with Gasteiger partial charge in [-0.05, 0) is 25.1 Å². The number of methoxy groups -OCH3 is 2. The van der Waals surface area contributed by atoms with Crippen LogP contribution in [-0.4, -0.2) is 57.8 Å². The van der Waals surface area contributed by atoms with Crippen molar-refractivity contribution >= 4 is 24.1 Å². The number of esters is 1. The zero-order valence-electron chi connectivity index (χ0n) is 13.3. The molecule has 0 unspecified atom stereocenters. The average Bonchev–Trinajstić information content (AvgIpc) is 2.55. The molecule has 1 fully saturated rings. The zero-order chi connectivity index (χ0) is 15.1. The maximum atomic E-state index is 11.1. The molecular weight excluding hydrogens is 304 g/mol. The molecule has 0 spiro atoms. The first-order valence-electron chi connectivity index (χ1n) is 7.41. The molecule has 1 heterocycles. The predicted molar refractivity (Wildman–Crippen MR) is 90.1 cm³/mol. The summed E-state index contributed by atoms with van der Waals surface area (Å²) in [5, 5.41) is 0. The predicted octanol–water partition coefficient (Wildman–Crippen LogP) is 2.19. The van der Waals surface area contributed by atoms with E-state index in [2.05, 4.69) is 20.6 Å². The second-order valence-corrected chi connectivity index (χ2v) is 5.18. The smallest absolute Gasteiger partial charge is 0.305 e. The molecule has 1 saturated heterocycles. The summed E-state index contributed by atoms with van der Waals surface area (Å²) < 4.78 is 10.1. The number of hydrogen-bond acceptors (Lipinski definition) is 5. The van der Waals surface area contributed by atoms with Gasteiger partial charge in [-0.1, -0.05) is 12.1 Å². The Kier molecular flexibility index (Phi) is 8.06. The molecule has 2 rings (SSSR count). The van der Waals surface area contributed by atoms with Crippen LogP contribution in [0.4, 0.5) is 5.69 Å². The van der Waals surface area contributed by atoms with Crippen LogP contribution in [0.2, 0.25) is 0 Å². The first-order chi connectivity index (χ1) is 10.2. The van der Waals surface area contributed by atoms with Crippen LogP contribution < -0.4 is 9.64 Å². The van der Waals surface area contributed by atoms with Gasteiger partial charge in [0.25, 0.3) is 0 Å². The topological polar surface area (TPSA) is 42.0 Å². The Morgan fingerprint density at radius 3 is 2.45 bits per heavy atom. The highest BCUT2D eigenvalue weighted by atomic mass is 35.5. The first kappa shape index (κ1) is 18.6. The van der Waals surface area contributed by atoms with Gasteiger partial charge < -0.3 is 14.4 Å². The lowest BCUT2D eigenvalue weighted by molar-refractivity contribution is -0.140. The molecule has 1 aliphatic heterocycles. The standard InChI is InChI=1S/C16H24N2O3.ClH/c1-20-15-7-4-3-6-14(15)18-12-10-17(11-13-18)9-5-8-16(19)21-2;/h3-4,6-7H,5,8-13H2,1-2H3;1H. The van der Waals surface area contributed by atoms with Crippen molar-refractivity contribution < 1.29 is 14.3 Å². The lowest BCUT2D eigenvalue weighted by Gasteiger charge is -2.36. The van der Waals surface area contributed by atoms with E-state index >= 15 is 0 Å². The van der Waals surface area contributed by atoms with Crippen LogP contribution in [0.3, 0.4) is 0 Å². The number of hydrogen-bond donors (Lipinski definition) is 0. The Morgan fingerprint density at radius 1 is 1.14 bits per heavy atom. The SMILES string of the molecule is COC(=O)CCCN1CCN(c2ccccc2OC)CC1.Cl. The molecule has 0 amide bonds. The maximum Gasteiger partial charge on any atom is 0.305 e. The number of nitrogens with zero attached hydrogens (tertiary/aromatic N) is 2. The van der Waals surface area contributed by atoms with Crippen molar-refractivity contribution in [1.82, 2.24) is 4.90 Å². The van der Waals surface area contributed by atoms with Crippen LogP contribution in [0.25, 0.3) is 0 Å². The van der Waals surface area contributed by atoms with Gasteiger partial charge in [-0.3, -0.25) is 9.69 Å². The van der Waals surface area contributed by atoms with Crippen LogP contribution in [-0.2, 0) is 9.53 Å². The van der Waals surface area contributed by atoms with Gasteiger partial charge in [0.15, 0.2) is 0 Å². The highest BCUT2D eigenvalue weighted by Gasteiger charge is 2.19. The van der Waals surface area contributed by atoms with Gasteiger partial charge in [-0.15, -0.1) is 12.4 Å². The number of rotatable bonds is 6. The van der Waals surface area contributed by atoms with E-state index in [1.165, 1.54) is 7.11 Å². The van der Waals surface area contributed by atoms with Gasteiger partial charge in [-0.25, -0.2) is 0 Å². The number of anilines is 1. The summed E-state index contributed by atoms with van der Waals surface area (Å²) in [7, 11) is 3.15. The van der Waals surface area contributed by atoms with Crippen LogP contribution in [0, 0.1) is 0 Å². The summed E-state index contributed by atoms with van der Waals surface area (Å²) in [4.78, 5) is 15.9. The first-order valence-corrected chi connectivity index (χ1v) is 7.41. The third kappa shape index (κ3) is 5.07. The number of benzene rings is 1. The summed E-state index contributed by atoms with van der Waals surface area (Å²) in [6, 6.07) is 8.13. The third-order valence-corrected chi connectivity index (χ3v) is 3.88.